The van der Waals surface area contributed by atoms with Crippen LogP contribution in [0.25, 0.3) is 44.2 Å². The molecule has 3 atom stereocenters. The summed E-state index contributed by atoms with van der Waals surface area (Å²) in [7, 11) is 0. The third kappa shape index (κ3) is 9.23. The van der Waals surface area contributed by atoms with E-state index in [-0.39, 0.29) is 12.1 Å². The molecule has 0 aliphatic carbocycles. The molecule has 4 heterocycles. The zero-order valence-electron chi connectivity index (χ0n) is 34.7. The Morgan fingerprint density at radius 2 is 1.34 bits per heavy atom. The number of hydrogen-bond donors (Lipinski definition) is 4. The number of likely N-dealkylation sites (tertiary alicyclic amines) is 2. The topological polar surface area (TPSA) is 87.9 Å². The van der Waals surface area contributed by atoms with Crippen molar-refractivity contribution in [1.29, 1.82) is 0 Å². The lowest BCUT2D eigenvalue weighted by molar-refractivity contribution is 0.271. The van der Waals surface area contributed by atoms with Crippen LogP contribution in [0.4, 0.5) is 0 Å². The molecule has 0 saturated carbocycles. The molecule has 5 aromatic rings. The van der Waals surface area contributed by atoms with Gasteiger partial charge in [0.05, 0.1) is 47.4 Å². The van der Waals surface area contributed by atoms with Crippen LogP contribution in [0, 0.1) is 11.8 Å². The van der Waals surface area contributed by atoms with E-state index in [1.807, 2.05) is 6.20 Å². The standard InChI is InChI=1S/C34H38N6.C14H26N2/c1-6-22(4)37-33(21(2)3)23(5)40-15-7-8-32(40)34-38-29-14-13-27(18-30(29)39-34)25-9-10-26-17-28(12-11-24(26)16-25)31-19-35-20-36-31;1-6-12(4)15-14(11(2)3)13(5)16-9-7-8-10-16/h9-14,16-21,32-33,37H,4-8,15H2,1-3H3,(H,35,36)(H,38,39);11,14-15H,4-10H2,1-3H3/t32-,33-;14-/m00/s1. The number of benzene rings is 3. The summed E-state index contributed by atoms with van der Waals surface area (Å²) in [5.74, 6) is 1.98. The highest BCUT2D eigenvalue weighted by Crippen LogP contribution is 2.37. The first-order valence-corrected chi connectivity index (χ1v) is 20.8. The normalized spacial score (nSPS) is 16.6. The van der Waals surface area contributed by atoms with Crippen LogP contribution in [0.1, 0.15) is 91.9 Å². The monoisotopic (exact) mass is 753 g/mol. The predicted molar refractivity (Wildman–Crippen MR) is 237 cm³/mol. The van der Waals surface area contributed by atoms with Gasteiger partial charge in [-0.2, -0.15) is 0 Å². The maximum absolute atomic E-state index is 5.04. The number of allylic oxidation sites excluding steroid dienone is 2. The third-order valence-corrected chi connectivity index (χ3v) is 11.6. The molecular weight excluding hydrogens is 689 g/mol. The molecule has 0 bridgehead atoms. The summed E-state index contributed by atoms with van der Waals surface area (Å²) < 4.78 is 0. The lowest BCUT2D eigenvalue weighted by Crippen LogP contribution is -2.41. The minimum atomic E-state index is 0.160. The number of imidazole rings is 2. The molecule has 0 amide bonds. The number of aromatic amines is 2. The predicted octanol–water partition coefficient (Wildman–Crippen LogP) is 11.1. The molecule has 2 saturated heterocycles. The van der Waals surface area contributed by atoms with Gasteiger partial charge < -0.3 is 30.4 Å². The zero-order chi connectivity index (χ0) is 39.9. The van der Waals surface area contributed by atoms with E-state index in [1.54, 1.807) is 6.33 Å². The molecule has 2 aliphatic rings. The van der Waals surface area contributed by atoms with E-state index in [0.717, 1.165) is 77.4 Å². The van der Waals surface area contributed by atoms with Crippen molar-refractivity contribution in [3.63, 3.8) is 0 Å². The molecule has 2 fully saturated rings. The van der Waals surface area contributed by atoms with Gasteiger partial charge in [-0.25, -0.2) is 9.97 Å². The fraction of sp³-hybridized carbons (Fsp3) is 0.417. The van der Waals surface area contributed by atoms with Crippen molar-refractivity contribution < 1.29 is 0 Å². The summed E-state index contributed by atoms with van der Waals surface area (Å²) in [6, 6.07) is 20.4. The van der Waals surface area contributed by atoms with Crippen LogP contribution in [0.3, 0.4) is 0 Å². The highest BCUT2D eigenvalue weighted by Gasteiger charge is 2.33. The van der Waals surface area contributed by atoms with E-state index in [9.17, 15) is 0 Å². The molecule has 2 aromatic heterocycles. The van der Waals surface area contributed by atoms with Crippen molar-refractivity contribution in [2.45, 2.75) is 98.2 Å². The average molecular weight is 753 g/mol. The fourth-order valence-corrected chi connectivity index (χ4v) is 8.06. The fourth-order valence-electron chi connectivity index (χ4n) is 8.06. The van der Waals surface area contributed by atoms with Gasteiger partial charge in [0.2, 0.25) is 0 Å². The van der Waals surface area contributed by atoms with Crippen LogP contribution in [-0.4, -0.2) is 61.5 Å². The second-order valence-corrected chi connectivity index (χ2v) is 16.3. The van der Waals surface area contributed by atoms with Crippen molar-refractivity contribution in [3.8, 4) is 22.4 Å². The summed E-state index contributed by atoms with van der Waals surface area (Å²) in [5, 5.41) is 9.55. The smallest absolute Gasteiger partial charge is 0.130 e. The lowest BCUT2D eigenvalue weighted by atomic mass is 9.99. The highest BCUT2D eigenvalue weighted by molar-refractivity contribution is 5.91. The van der Waals surface area contributed by atoms with Gasteiger partial charge in [-0.1, -0.05) is 98.2 Å². The quantitative estimate of drug-likeness (QED) is 0.0852. The second kappa shape index (κ2) is 18.1. The van der Waals surface area contributed by atoms with E-state index in [2.05, 4.69) is 158 Å². The van der Waals surface area contributed by atoms with Gasteiger partial charge in [0.1, 0.15) is 5.82 Å². The molecule has 0 spiro atoms. The number of nitrogens with zero attached hydrogens (tertiary/aromatic N) is 4. The highest BCUT2D eigenvalue weighted by atomic mass is 15.2. The molecule has 4 N–H and O–H groups in total. The first-order valence-electron chi connectivity index (χ1n) is 20.8. The van der Waals surface area contributed by atoms with Crippen LogP contribution in [-0.2, 0) is 0 Å². The molecule has 2 aliphatic heterocycles. The Bertz CT molecular complexity index is 2130. The number of hydrogen-bond acceptors (Lipinski definition) is 6. The molecule has 0 unspecified atom stereocenters. The number of nitrogens with one attached hydrogen (secondary N) is 4. The maximum atomic E-state index is 5.04. The van der Waals surface area contributed by atoms with Gasteiger partial charge >= 0.3 is 0 Å². The van der Waals surface area contributed by atoms with Gasteiger partial charge in [0.25, 0.3) is 0 Å². The summed E-state index contributed by atoms with van der Waals surface area (Å²) >= 11 is 0. The van der Waals surface area contributed by atoms with Crippen molar-refractivity contribution in [3.05, 3.63) is 122 Å². The Morgan fingerprint density at radius 1 is 0.750 bits per heavy atom. The van der Waals surface area contributed by atoms with E-state index in [0.29, 0.717) is 17.9 Å². The summed E-state index contributed by atoms with van der Waals surface area (Å²) in [4.78, 5) is 20.9. The maximum Gasteiger partial charge on any atom is 0.130 e. The van der Waals surface area contributed by atoms with Crippen LogP contribution in [0.15, 0.2) is 116 Å². The molecule has 7 rings (SSSR count). The number of aromatic nitrogens is 4. The van der Waals surface area contributed by atoms with Crippen molar-refractivity contribution >= 4 is 21.8 Å². The molecule has 3 aromatic carbocycles. The molecule has 56 heavy (non-hydrogen) atoms. The van der Waals surface area contributed by atoms with Gasteiger partial charge in [-0.05, 0) is 96.5 Å². The molecular formula is C48H64N8. The Kier molecular flexibility index (Phi) is 13.1. The Hall–Kier alpha value is -5.24. The third-order valence-electron chi connectivity index (χ3n) is 11.6. The van der Waals surface area contributed by atoms with Crippen molar-refractivity contribution in [2.75, 3.05) is 19.6 Å². The van der Waals surface area contributed by atoms with Crippen LogP contribution < -0.4 is 10.6 Å². The first-order chi connectivity index (χ1) is 27.0. The van der Waals surface area contributed by atoms with Gasteiger partial charge in [-0.3, -0.25) is 0 Å². The van der Waals surface area contributed by atoms with Crippen LogP contribution in [0.2, 0.25) is 0 Å². The Balaban J connectivity index is 0.000000280. The van der Waals surface area contributed by atoms with Crippen molar-refractivity contribution in [2.24, 2.45) is 11.8 Å². The van der Waals surface area contributed by atoms with E-state index in [4.69, 9.17) is 4.98 Å². The lowest BCUT2D eigenvalue weighted by Gasteiger charge is -2.35. The summed E-state index contributed by atoms with van der Waals surface area (Å²) in [5.41, 5.74) is 11.1. The molecule has 8 heteroatoms. The van der Waals surface area contributed by atoms with E-state index < -0.39 is 0 Å². The second-order valence-electron chi connectivity index (χ2n) is 16.3. The van der Waals surface area contributed by atoms with Gasteiger partial charge in [0.15, 0.2) is 0 Å². The van der Waals surface area contributed by atoms with Crippen LogP contribution in [0.5, 0.6) is 0 Å². The molecule has 296 valence electrons. The SMILES string of the molecule is C=C(CC)N[C@H](C(=C)N1CCCC1)C(C)C.C=C(CC)N[C@H](C(=C)N1CCC[C@H]1c1nc2ccc(-c3ccc4cc(-c5cnc[nH]5)ccc4c3)cc2[nH]1)C(C)C. The number of rotatable bonds is 15. The minimum Gasteiger partial charge on any atom is -0.380 e. The van der Waals surface area contributed by atoms with Gasteiger partial charge in [-0.15, -0.1) is 0 Å². The van der Waals surface area contributed by atoms with Gasteiger partial charge in [0, 0.05) is 48.0 Å². The van der Waals surface area contributed by atoms with E-state index >= 15 is 0 Å². The molecule has 8 nitrogen and oxygen atoms in total. The molecule has 0 radical (unpaired) electrons. The zero-order valence-corrected chi connectivity index (χ0v) is 34.7. The summed E-state index contributed by atoms with van der Waals surface area (Å²) in [6.45, 7) is 33.6. The Morgan fingerprint density at radius 3 is 1.95 bits per heavy atom. The summed E-state index contributed by atoms with van der Waals surface area (Å²) in [6.07, 6.45) is 10.3. The number of fused-ring (bicyclic) bond motifs is 2. The average Bonchev–Trinajstić information content (AvgIpc) is 4.05. The van der Waals surface area contributed by atoms with Crippen molar-refractivity contribution in [1.82, 2.24) is 40.4 Å². The largest absolute Gasteiger partial charge is 0.380 e. The van der Waals surface area contributed by atoms with E-state index in [1.165, 1.54) is 53.5 Å². The minimum absolute atomic E-state index is 0.160. The Labute approximate surface area is 335 Å². The van der Waals surface area contributed by atoms with Crippen LogP contribution >= 0.6 is 0 Å². The number of H-pyrrole nitrogens is 2. The first kappa shape index (κ1) is 40.4.